The maximum absolute atomic E-state index is 13.3. The first-order valence-electron chi connectivity index (χ1n) is 9.74. The molecule has 0 atom stereocenters. The number of carbonyl (C=O) groups excluding carboxylic acids is 1. The van der Waals surface area contributed by atoms with Crippen LogP contribution in [0.2, 0.25) is 0 Å². The second kappa shape index (κ2) is 9.80. The zero-order valence-electron chi connectivity index (χ0n) is 16.9. The molecule has 31 heavy (non-hydrogen) atoms. The summed E-state index contributed by atoms with van der Waals surface area (Å²) in [7, 11) is 1.58. The molecule has 6 nitrogen and oxygen atoms in total. The minimum Gasteiger partial charge on any atom is -0.497 e. The van der Waals surface area contributed by atoms with Crippen molar-refractivity contribution in [3.05, 3.63) is 81.3 Å². The van der Waals surface area contributed by atoms with Crippen molar-refractivity contribution >= 4 is 39.9 Å². The molecule has 0 aliphatic heterocycles. The van der Waals surface area contributed by atoms with Crippen molar-refractivity contribution in [1.82, 2.24) is 14.9 Å². The molecule has 0 radical (unpaired) electrons. The Bertz CT molecular complexity index is 1250. The summed E-state index contributed by atoms with van der Waals surface area (Å²) in [6, 6.07) is 18.5. The van der Waals surface area contributed by atoms with E-state index in [4.69, 9.17) is 4.74 Å². The second-order valence-electron chi connectivity index (χ2n) is 6.72. The lowest BCUT2D eigenvalue weighted by Gasteiger charge is -2.14. The molecule has 2 heterocycles. The Morgan fingerprint density at radius 1 is 1.16 bits per heavy atom. The van der Waals surface area contributed by atoms with Gasteiger partial charge in [0, 0.05) is 17.5 Å². The summed E-state index contributed by atoms with van der Waals surface area (Å²) < 4.78 is 6.85. The fourth-order valence-corrected chi connectivity index (χ4v) is 4.70. The van der Waals surface area contributed by atoms with E-state index < -0.39 is 0 Å². The molecule has 0 bridgehead atoms. The summed E-state index contributed by atoms with van der Waals surface area (Å²) in [6.45, 7) is 0.577. The van der Waals surface area contributed by atoms with Crippen LogP contribution in [0.1, 0.15) is 4.88 Å². The van der Waals surface area contributed by atoms with E-state index in [2.05, 4.69) is 16.4 Å². The number of rotatable bonds is 8. The number of para-hydroxylation sites is 1. The molecule has 0 aliphatic carbocycles. The summed E-state index contributed by atoms with van der Waals surface area (Å²) in [5, 5.41) is 5.94. The number of amides is 1. The van der Waals surface area contributed by atoms with Gasteiger partial charge in [-0.2, -0.15) is 0 Å². The van der Waals surface area contributed by atoms with Crippen molar-refractivity contribution in [3.8, 4) is 11.4 Å². The monoisotopic (exact) mass is 451 g/mol. The van der Waals surface area contributed by atoms with E-state index in [0.29, 0.717) is 34.0 Å². The van der Waals surface area contributed by atoms with Crippen LogP contribution in [0, 0.1) is 0 Å². The highest BCUT2D eigenvalue weighted by Gasteiger charge is 2.15. The number of nitrogens with one attached hydrogen (secondary N) is 1. The topological polar surface area (TPSA) is 73.2 Å². The Hall–Kier alpha value is -3.10. The van der Waals surface area contributed by atoms with Crippen LogP contribution in [-0.2, 0) is 11.2 Å². The van der Waals surface area contributed by atoms with Gasteiger partial charge in [0.1, 0.15) is 5.75 Å². The smallest absolute Gasteiger partial charge is 0.266 e. The molecule has 0 saturated heterocycles. The van der Waals surface area contributed by atoms with Gasteiger partial charge in [0.25, 0.3) is 5.56 Å². The summed E-state index contributed by atoms with van der Waals surface area (Å²) in [4.78, 5) is 31.5. The molecule has 0 aliphatic rings. The van der Waals surface area contributed by atoms with Crippen molar-refractivity contribution in [2.75, 3.05) is 19.4 Å². The highest BCUT2D eigenvalue weighted by Crippen LogP contribution is 2.23. The quantitative estimate of drug-likeness (QED) is 0.325. The lowest BCUT2D eigenvalue weighted by molar-refractivity contribution is -0.118. The molecule has 0 spiro atoms. The molecule has 8 heteroatoms. The zero-order chi connectivity index (χ0) is 21.6. The molecule has 2 aromatic heterocycles. The number of ether oxygens (including phenoxy) is 1. The number of carbonyl (C=O) groups is 1. The number of methoxy groups -OCH3 is 1. The minimum atomic E-state index is -0.181. The largest absolute Gasteiger partial charge is 0.497 e. The summed E-state index contributed by atoms with van der Waals surface area (Å²) in [5.74, 6) is 0.708. The minimum absolute atomic E-state index is 0.0962. The Morgan fingerprint density at radius 3 is 2.84 bits per heavy atom. The van der Waals surface area contributed by atoms with Crippen LogP contribution in [0.5, 0.6) is 5.75 Å². The maximum Gasteiger partial charge on any atom is 0.266 e. The van der Waals surface area contributed by atoms with Gasteiger partial charge in [-0.25, -0.2) is 4.98 Å². The SMILES string of the molecule is COc1cccc(-n2c(SCC(=O)NCCc3cccs3)nc3ccccc3c2=O)c1. The third-order valence-corrected chi connectivity index (χ3v) is 6.54. The van der Waals surface area contributed by atoms with E-state index in [1.165, 1.54) is 21.2 Å². The first kappa shape index (κ1) is 21.1. The van der Waals surface area contributed by atoms with Gasteiger partial charge in [-0.15, -0.1) is 11.3 Å². The number of hydrogen-bond donors (Lipinski definition) is 1. The predicted molar refractivity (Wildman–Crippen MR) is 126 cm³/mol. The third-order valence-electron chi connectivity index (χ3n) is 4.66. The van der Waals surface area contributed by atoms with E-state index in [-0.39, 0.29) is 17.2 Å². The molecule has 0 fully saturated rings. The average molecular weight is 452 g/mol. The van der Waals surface area contributed by atoms with Crippen LogP contribution in [0.4, 0.5) is 0 Å². The summed E-state index contributed by atoms with van der Waals surface area (Å²) in [6.07, 6.45) is 0.802. The van der Waals surface area contributed by atoms with Gasteiger partial charge in [0.15, 0.2) is 5.16 Å². The fraction of sp³-hybridized carbons (Fsp3) is 0.174. The van der Waals surface area contributed by atoms with Crippen LogP contribution in [-0.4, -0.2) is 34.9 Å². The first-order chi connectivity index (χ1) is 15.2. The Morgan fingerprint density at radius 2 is 2.03 bits per heavy atom. The van der Waals surface area contributed by atoms with Gasteiger partial charge >= 0.3 is 0 Å². The van der Waals surface area contributed by atoms with Crippen LogP contribution in [0.3, 0.4) is 0 Å². The fourth-order valence-electron chi connectivity index (χ4n) is 3.15. The number of hydrogen-bond acceptors (Lipinski definition) is 6. The molecule has 0 saturated carbocycles. The molecule has 2 aromatic carbocycles. The number of thiophene rings is 1. The first-order valence-corrected chi connectivity index (χ1v) is 11.6. The molecule has 1 amide bonds. The van der Waals surface area contributed by atoms with E-state index in [1.807, 2.05) is 41.8 Å². The highest BCUT2D eigenvalue weighted by molar-refractivity contribution is 7.99. The molecule has 4 aromatic rings. The maximum atomic E-state index is 13.3. The van der Waals surface area contributed by atoms with Crippen molar-refractivity contribution in [3.63, 3.8) is 0 Å². The second-order valence-corrected chi connectivity index (χ2v) is 8.70. The number of aromatic nitrogens is 2. The molecule has 158 valence electrons. The Kier molecular flexibility index (Phi) is 6.69. The van der Waals surface area contributed by atoms with Gasteiger partial charge < -0.3 is 10.1 Å². The molecular formula is C23H21N3O3S2. The van der Waals surface area contributed by atoms with Crippen LogP contribution >= 0.6 is 23.1 Å². The molecular weight excluding hydrogens is 430 g/mol. The Balaban J connectivity index is 1.58. The van der Waals surface area contributed by atoms with Gasteiger partial charge in [-0.1, -0.05) is 36.0 Å². The van der Waals surface area contributed by atoms with Crippen molar-refractivity contribution in [2.24, 2.45) is 0 Å². The third kappa shape index (κ3) is 4.98. The van der Waals surface area contributed by atoms with Crippen LogP contribution in [0.25, 0.3) is 16.6 Å². The number of fused-ring (bicyclic) bond motifs is 1. The van der Waals surface area contributed by atoms with Crippen molar-refractivity contribution < 1.29 is 9.53 Å². The molecule has 0 unspecified atom stereocenters. The summed E-state index contributed by atoms with van der Waals surface area (Å²) >= 11 is 2.92. The van der Waals surface area contributed by atoms with E-state index in [9.17, 15) is 9.59 Å². The van der Waals surface area contributed by atoms with Crippen molar-refractivity contribution in [2.45, 2.75) is 11.6 Å². The number of benzene rings is 2. The van der Waals surface area contributed by atoms with Crippen molar-refractivity contribution in [1.29, 1.82) is 0 Å². The predicted octanol–water partition coefficient (Wildman–Crippen LogP) is 3.91. The van der Waals surface area contributed by atoms with Crippen LogP contribution in [0.15, 0.2) is 76.0 Å². The highest BCUT2D eigenvalue weighted by atomic mass is 32.2. The van der Waals surface area contributed by atoms with Gasteiger partial charge in [-0.05, 0) is 42.1 Å². The van der Waals surface area contributed by atoms with Gasteiger partial charge in [-0.3, -0.25) is 14.2 Å². The van der Waals surface area contributed by atoms with E-state index in [1.54, 1.807) is 36.6 Å². The average Bonchev–Trinajstić information content (AvgIpc) is 3.31. The lowest BCUT2D eigenvalue weighted by atomic mass is 10.2. The molecule has 4 rings (SSSR count). The van der Waals surface area contributed by atoms with Crippen LogP contribution < -0.4 is 15.6 Å². The number of nitrogens with zero attached hydrogens (tertiary/aromatic N) is 2. The Labute approximate surface area is 187 Å². The normalized spacial score (nSPS) is 10.9. The zero-order valence-corrected chi connectivity index (χ0v) is 18.5. The lowest BCUT2D eigenvalue weighted by Crippen LogP contribution is -2.28. The standard InChI is InChI=1S/C23H21N3O3S2/c1-29-17-7-4-6-16(14-17)26-22(28)19-9-2-3-10-20(19)25-23(26)31-15-21(27)24-12-11-18-8-5-13-30-18/h2-10,13-14H,11-12,15H2,1H3,(H,24,27). The van der Waals surface area contributed by atoms with E-state index in [0.717, 1.165) is 6.42 Å². The number of thioether (sulfide) groups is 1. The van der Waals surface area contributed by atoms with Gasteiger partial charge in [0.2, 0.25) is 5.91 Å². The molecule has 1 N–H and O–H groups in total. The summed E-state index contributed by atoms with van der Waals surface area (Å²) in [5.41, 5.74) is 1.06. The van der Waals surface area contributed by atoms with E-state index >= 15 is 0 Å². The van der Waals surface area contributed by atoms with Gasteiger partial charge in [0.05, 0.1) is 29.5 Å².